The standard InChI is InChI=1S/C12H18FN3O/c1-15(2)12(17)8-16(3)7-9-10(13)5-4-6-11(9)14/h4-6H,7-8,14H2,1-3H3. The van der Waals surface area contributed by atoms with Crippen LogP contribution in [0.15, 0.2) is 18.2 Å². The van der Waals surface area contributed by atoms with Crippen LogP contribution >= 0.6 is 0 Å². The van der Waals surface area contributed by atoms with Crippen molar-refractivity contribution in [1.82, 2.24) is 9.80 Å². The molecule has 2 N–H and O–H groups in total. The molecule has 0 saturated carbocycles. The molecule has 1 rings (SSSR count). The minimum Gasteiger partial charge on any atom is -0.398 e. The molecule has 1 aromatic rings. The Morgan fingerprint density at radius 3 is 2.53 bits per heavy atom. The molecule has 0 spiro atoms. The smallest absolute Gasteiger partial charge is 0.236 e. The van der Waals surface area contributed by atoms with E-state index >= 15 is 0 Å². The van der Waals surface area contributed by atoms with Gasteiger partial charge >= 0.3 is 0 Å². The molecule has 4 nitrogen and oxygen atoms in total. The van der Waals surface area contributed by atoms with Crippen molar-refractivity contribution < 1.29 is 9.18 Å². The van der Waals surface area contributed by atoms with Gasteiger partial charge in [-0.2, -0.15) is 0 Å². The monoisotopic (exact) mass is 239 g/mol. The van der Waals surface area contributed by atoms with E-state index in [1.165, 1.54) is 11.0 Å². The van der Waals surface area contributed by atoms with Crippen molar-refractivity contribution in [2.75, 3.05) is 33.4 Å². The summed E-state index contributed by atoms with van der Waals surface area (Å²) in [5.41, 5.74) is 6.54. The van der Waals surface area contributed by atoms with E-state index in [0.717, 1.165) is 0 Å². The van der Waals surface area contributed by atoms with Crippen molar-refractivity contribution in [3.05, 3.63) is 29.6 Å². The number of nitrogens with two attached hydrogens (primary N) is 1. The number of rotatable bonds is 4. The number of nitrogens with zero attached hydrogens (tertiary/aromatic N) is 2. The molecule has 0 unspecified atom stereocenters. The topological polar surface area (TPSA) is 49.6 Å². The number of carbonyl (C=O) groups is 1. The third-order valence-electron chi connectivity index (χ3n) is 2.49. The lowest BCUT2D eigenvalue weighted by Crippen LogP contribution is -2.34. The van der Waals surface area contributed by atoms with Gasteiger partial charge in [0.1, 0.15) is 5.82 Å². The van der Waals surface area contributed by atoms with E-state index in [4.69, 9.17) is 5.73 Å². The minimum atomic E-state index is -0.339. The molecule has 0 atom stereocenters. The van der Waals surface area contributed by atoms with Crippen LogP contribution in [0.5, 0.6) is 0 Å². The summed E-state index contributed by atoms with van der Waals surface area (Å²) in [6.45, 7) is 0.554. The molecule has 0 bridgehead atoms. The van der Waals surface area contributed by atoms with Gasteiger partial charge in [0.15, 0.2) is 0 Å². The van der Waals surface area contributed by atoms with Crippen LogP contribution in [0.25, 0.3) is 0 Å². The Kier molecular flexibility index (Phi) is 4.45. The molecular formula is C12H18FN3O. The van der Waals surface area contributed by atoms with Crippen molar-refractivity contribution in [3.63, 3.8) is 0 Å². The second-order valence-electron chi connectivity index (χ2n) is 4.27. The highest BCUT2D eigenvalue weighted by Gasteiger charge is 2.12. The van der Waals surface area contributed by atoms with Crippen molar-refractivity contribution in [2.24, 2.45) is 0 Å². The van der Waals surface area contributed by atoms with Crippen molar-refractivity contribution in [1.29, 1.82) is 0 Å². The zero-order valence-electron chi connectivity index (χ0n) is 10.4. The number of hydrogen-bond acceptors (Lipinski definition) is 3. The molecule has 5 heteroatoms. The van der Waals surface area contributed by atoms with E-state index in [-0.39, 0.29) is 18.3 Å². The highest BCUT2D eigenvalue weighted by Crippen LogP contribution is 2.17. The molecule has 0 aromatic heterocycles. The summed E-state index contributed by atoms with van der Waals surface area (Å²) in [6, 6.07) is 4.59. The third kappa shape index (κ3) is 3.71. The number of carbonyl (C=O) groups excluding carboxylic acids is 1. The molecule has 17 heavy (non-hydrogen) atoms. The summed E-state index contributed by atoms with van der Waals surface area (Å²) in [6.07, 6.45) is 0. The fraction of sp³-hybridized carbons (Fsp3) is 0.417. The number of likely N-dealkylation sites (N-methyl/N-ethyl adjacent to an activating group) is 2. The van der Waals surface area contributed by atoms with Crippen molar-refractivity contribution in [2.45, 2.75) is 6.54 Å². The van der Waals surface area contributed by atoms with Crippen molar-refractivity contribution in [3.8, 4) is 0 Å². The van der Waals surface area contributed by atoms with Gasteiger partial charge in [-0.15, -0.1) is 0 Å². The molecule has 0 radical (unpaired) electrons. The number of anilines is 1. The zero-order valence-corrected chi connectivity index (χ0v) is 10.4. The van der Waals surface area contributed by atoms with E-state index in [1.54, 1.807) is 38.2 Å². The average Bonchev–Trinajstić information content (AvgIpc) is 2.23. The van der Waals surface area contributed by atoms with Crippen LogP contribution in [0.3, 0.4) is 0 Å². The number of nitrogen functional groups attached to an aromatic ring is 1. The van der Waals surface area contributed by atoms with Crippen LogP contribution in [-0.2, 0) is 11.3 Å². The summed E-state index contributed by atoms with van der Waals surface area (Å²) in [7, 11) is 5.13. The highest BCUT2D eigenvalue weighted by atomic mass is 19.1. The fourth-order valence-electron chi connectivity index (χ4n) is 1.44. The molecule has 1 amide bonds. The fourth-order valence-corrected chi connectivity index (χ4v) is 1.44. The van der Waals surface area contributed by atoms with E-state index < -0.39 is 0 Å². The molecule has 0 fully saturated rings. The maximum Gasteiger partial charge on any atom is 0.236 e. The van der Waals surface area contributed by atoms with Gasteiger partial charge in [0, 0.05) is 31.9 Å². The molecule has 0 aliphatic heterocycles. The Hall–Kier alpha value is -1.62. The second kappa shape index (κ2) is 5.63. The summed E-state index contributed by atoms with van der Waals surface area (Å²) < 4.78 is 13.5. The number of benzene rings is 1. The first-order chi connectivity index (χ1) is 7.91. The Morgan fingerprint density at radius 1 is 1.35 bits per heavy atom. The first kappa shape index (κ1) is 13.4. The number of hydrogen-bond donors (Lipinski definition) is 1. The highest BCUT2D eigenvalue weighted by molar-refractivity contribution is 5.77. The number of amides is 1. The summed E-state index contributed by atoms with van der Waals surface area (Å²) >= 11 is 0. The van der Waals surface area contributed by atoms with Crippen molar-refractivity contribution >= 4 is 11.6 Å². The largest absolute Gasteiger partial charge is 0.398 e. The predicted octanol–water partition coefficient (Wildman–Crippen LogP) is 0.928. The Balaban J connectivity index is 2.68. The maximum absolute atomic E-state index is 13.5. The van der Waals surface area contributed by atoms with Crippen LogP contribution in [0.4, 0.5) is 10.1 Å². The van der Waals surface area contributed by atoms with Gasteiger partial charge in [-0.05, 0) is 19.2 Å². The average molecular weight is 239 g/mol. The molecule has 94 valence electrons. The lowest BCUT2D eigenvalue weighted by Gasteiger charge is -2.19. The van der Waals surface area contributed by atoms with E-state index in [1.807, 2.05) is 0 Å². The second-order valence-corrected chi connectivity index (χ2v) is 4.27. The summed E-state index contributed by atoms with van der Waals surface area (Å²) in [4.78, 5) is 14.7. The van der Waals surface area contributed by atoms with Crippen LogP contribution in [-0.4, -0.2) is 43.4 Å². The van der Waals surface area contributed by atoms with Crippen LogP contribution < -0.4 is 5.73 Å². The van der Waals surface area contributed by atoms with E-state index in [2.05, 4.69) is 0 Å². The third-order valence-corrected chi connectivity index (χ3v) is 2.49. The maximum atomic E-state index is 13.5. The van der Waals surface area contributed by atoms with Gasteiger partial charge in [0.2, 0.25) is 5.91 Å². The Bertz CT molecular complexity index is 386. The lowest BCUT2D eigenvalue weighted by molar-refractivity contribution is -0.129. The van der Waals surface area contributed by atoms with E-state index in [0.29, 0.717) is 17.8 Å². The van der Waals surface area contributed by atoms with Gasteiger partial charge in [0.05, 0.1) is 6.54 Å². The van der Waals surface area contributed by atoms with Crippen LogP contribution in [0.2, 0.25) is 0 Å². The zero-order chi connectivity index (χ0) is 13.0. The van der Waals surface area contributed by atoms with E-state index in [9.17, 15) is 9.18 Å². The normalized spacial score (nSPS) is 10.6. The van der Waals surface area contributed by atoms with Crippen LogP contribution in [0.1, 0.15) is 5.56 Å². The van der Waals surface area contributed by atoms with Gasteiger partial charge < -0.3 is 10.6 Å². The lowest BCUT2D eigenvalue weighted by atomic mass is 10.1. The number of halogens is 1. The SMILES string of the molecule is CN(CC(=O)N(C)C)Cc1c(N)cccc1F. The van der Waals surface area contributed by atoms with Gasteiger partial charge in [-0.1, -0.05) is 6.07 Å². The van der Waals surface area contributed by atoms with Gasteiger partial charge in [-0.25, -0.2) is 4.39 Å². The van der Waals surface area contributed by atoms with Gasteiger partial charge in [-0.3, -0.25) is 9.69 Å². The molecule has 0 heterocycles. The quantitative estimate of drug-likeness (QED) is 0.795. The van der Waals surface area contributed by atoms with Crippen LogP contribution in [0, 0.1) is 5.82 Å². The Labute approximate surface area is 101 Å². The van der Waals surface area contributed by atoms with Gasteiger partial charge in [0.25, 0.3) is 0 Å². The molecule has 0 aliphatic rings. The molecule has 0 saturated heterocycles. The minimum absolute atomic E-state index is 0.0255. The molecular weight excluding hydrogens is 221 g/mol. The first-order valence-electron chi connectivity index (χ1n) is 5.33. The molecule has 0 aliphatic carbocycles. The summed E-state index contributed by atoms with van der Waals surface area (Å²) in [5.74, 6) is -0.364. The Morgan fingerprint density at radius 2 is 2.00 bits per heavy atom. The predicted molar refractivity (Wildman–Crippen MR) is 65.8 cm³/mol. The molecule has 1 aromatic carbocycles. The first-order valence-corrected chi connectivity index (χ1v) is 5.33. The summed E-state index contributed by atoms with van der Waals surface area (Å²) in [5, 5.41) is 0.